The number of anilines is 1. The topological polar surface area (TPSA) is 54.0 Å². The Kier molecular flexibility index (Phi) is 4.89. The van der Waals surface area contributed by atoms with E-state index in [1.165, 1.54) is 23.4 Å². The number of amides is 1. The first kappa shape index (κ1) is 14.1. The number of nitrogens with one attached hydrogen (secondary N) is 2. The highest BCUT2D eigenvalue weighted by atomic mass is 35.5. The fourth-order valence-corrected chi connectivity index (χ4v) is 4.16. The second-order valence-electron chi connectivity index (χ2n) is 4.36. The summed E-state index contributed by atoms with van der Waals surface area (Å²) in [7, 11) is 0. The van der Waals surface area contributed by atoms with E-state index in [0.29, 0.717) is 0 Å². The molecule has 1 aromatic rings. The summed E-state index contributed by atoms with van der Waals surface area (Å²) in [6.07, 6.45) is 4.67. The Balaban J connectivity index is 0.00000120. The molecule has 100 valence electrons. The largest absolute Gasteiger partial charge is 0.301 e. The molecule has 4 nitrogen and oxygen atoms in total. The van der Waals surface area contributed by atoms with Crippen LogP contribution in [0.15, 0.2) is 0 Å². The Hall–Kier alpha value is -0.300. The van der Waals surface area contributed by atoms with Crippen LogP contribution in [-0.2, 0) is 17.6 Å². The van der Waals surface area contributed by atoms with Crippen molar-refractivity contribution < 1.29 is 4.79 Å². The van der Waals surface area contributed by atoms with Gasteiger partial charge in [0.15, 0.2) is 5.13 Å². The van der Waals surface area contributed by atoms with Gasteiger partial charge in [-0.05, 0) is 25.7 Å². The lowest BCUT2D eigenvalue weighted by Crippen LogP contribution is -2.37. The van der Waals surface area contributed by atoms with Crippen LogP contribution in [0.25, 0.3) is 0 Å². The number of aryl methyl sites for hydroxylation is 2. The lowest BCUT2D eigenvalue weighted by Gasteiger charge is -2.07. The van der Waals surface area contributed by atoms with Crippen molar-refractivity contribution in [3.8, 4) is 0 Å². The fourth-order valence-electron chi connectivity index (χ4n) is 2.16. The summed E-state index contributed by atoms with van der Waals surface area (Å²) >= 11 is 3.40. The van der Waals surface area contributed by atoms with E-state index in [9.17, 15) is 4.79 Å². The van der Waals surface area contributed by atoms with E-state index in [1.807, 2.05) is 0 Å². The molecule has 1 fully saturated rings. The summed E-state index contributed by atoms with van der Waals surface area (Å²) in [5.41, 5.74) is 1.20. The first-order valence-electron chi connectivity index (χ1n) is 5.93. The highest BCUT2D eigenvalue weighted by Crippen LogP contribution is 2.29. The molecule has 2 N–H and O–H groups in total. The Morgan fingerprint density at radius 2 is 2.22 bits per heavy atom. The van der Waals surface area contributed by atoms with Gasteiger partial charge < -0.3 is 5.32 Å². The number of thiazole rings is 1. The standard InChI is InChI=1S/C11H15N3OS2.ClH/c15-10(8-5-16-6-12-8)14-11-13-7-3-1-2-4-9(7)17-11;/h8,12H,1-6H2,(H,13,14,15);1H. The van der Waals surface area contributed by atoms with Gasteiger partial charge in [0.05, 0.1) is 11.7 Å². The summed E-state index contributed by atoms with van der Waals surface area (Å²) in [5.74, 6) is 1.78. The molecular weight excluding hydrogens is 290 g/mol. The van der Waals surface area contributed by atoms with Crippen LogP contribution in [-0.4, -0.2) is 28.6 Å². The molecule has 0 spiro atoms. The van der Waals surface area contributed by atoms with E-state index in [-0.39, 0.29) is 24.4 Å². The van der Waals surface area contributed by atoms with Crippen LogP contribution in [0.1, 0.15) is 23.4 Å². The zero-order valence-corrected chi connectivity index (χ0v) is 12.3. The number of nitrogens with zero attached hydrogens (tertiary/aromatic N) is 1. The molecule has 1 aromatic heterocycles. The van der Waals surface area contributed by atoms with Crippen molar-refractivity contribution in [1.29, 1.82) is 0 Å². The van der Waals surface area contributed by atoms with Crippen molar-refractivity contribution in [2.75, 3.05) is 16.9 Å². The van der Waals surface area contributed by atoms with Crippen molar-refractivity contribution in [3.05, 3.63) is 10.6 Å². The molecule has 1 aliphatic carbocycles. The number of carbonyl (C=O) groups is 1. The van der Waals surface area contributed by atoms with Gasteiger partial charge in [0.2, 0.25) is 5.91 Å². The Morgan fingerprint density at radius 1 is 1.39 bits per heavy atom. The molecule has 2 heterocycles. The van der Waals surface area contributed by atoms with E-state index in [1.54, 1.807) is 23.1 Å². The summed E-state index contributed by atoms with van der Waals surface area (Å²) in [4.78, 5) is 17.8. The van der Waals surface area contributed by atoms with E-state index < -0.39 is 0 Å². The van der Waals surface area contributed by atoms with Gasteiger partial charge in [0.25, 0.3) is 0 Å². The van der Waals surface area contributed by atoms with Crippen molar-refractivity contribution in [1.82, 2.24) is 10.3 Å². The predicted octanol–water partition coefficient (Wildman–Crippen LogP) is 2.04. The van der Waals surface area contributed by atoms with Crippen LogP contribution < -0.4 is 10.6 Å². The lowest BCUT2D eigenvalue weighted by atomic mass is 10.0. The molecule has 1 saturated heterocycles. The van der Waals surface area contributed by atoms with Crippen molar-refractivity contribution in [2.24, 2.45) is 0 Å². The van der Waals surface area contributed by atoms with Crippen LogP contribution in [0.4, 0.5) is 5.13 Å². The fraction of sp³-hybridized carbons (Fsp3) is 0.636. The molecular formula is C11H16ClN3OS2. The van der Waals surface area contributed by atoms with E-state index in [2.05, 4.69) is 15.6 Å². The first-order chi connectivity index (χ1) is 8.33. The Labute approximate surface area is 121 Å². The zero-order valence-electron chi connectivity index (χ0n) is 9.90. The molecule has 1 unspecified atom stereocenters. The van der Waals surface area contributed by atoms with E-state index >= 15 is 0 Å². The molecule has 18 heavy (non-hydrogen) atoms. The molecule has 1 aliphatic heterocycles. The number of hydrogen-bond acceptors (Lipinski definition) is 5. The second kappa shape index (κ2) is 6.23. The normalized spacial score (nSPS) is 22.1. The van der Waals surface area contributed by atoms with Crippen molar-refractivity contribution in [2.45, 2.75) is 31.7 Å². The minimum absolute atomic E-state index is 0. The van der Waals surface area contributed by atoms with Gasteiger partial charge in [-0.25, -0.2) is 4.98 Å². The molecule has 2 aliphatic rings. The zero-order chi connectivity index (χ0) is 11.7. The maximum absolute atomic E-state index is 11.9. The van der Waals surface area contributed by atoms with Gasteiger partial charge in [-0.3, -0.25) is 10.1 Å². The summed E-state index contributed by atoms with van der Waals surface area (Å²) in [5, 5.41) is 6.88. The SMILES string of the molecule is Cl.O=C(Nc1nc2c(s1)CCCC2)C1CSCN1. The third kappa shape index (κ3) is 2.99. The van der Waals surface area contributed by atoms with Gasteiger partial charge in [0, 0.05) is 16.5 Å². The lowest BCUT2D eigenvalue weighted by molar-refractivity contribution is -0.117. The van der Waals surface area contributed by atoms with E-state index in [0.717, 1.165) is 29.6 Å². The van der Waals surface area contributed by atoms with Crippen LogP contribution in [0.3, 0.4) is 0 Å². The number of thioether (sulfide) groups is 1. The average Bonchev–Trinajstić information content (AvgIpc) is 2.97. The minimum Gasteiger partial charge on any atom is -0.301 e. The molecule has 0 aromatic carbocycles. The molecule has 1 atom stereocenters. The van der Waals surface area contributed by atoms with Crippen LogP contribution in [0, 0.1) is 0 Å². The molecule has 0 saturated carbocycles. The summed E-state index contributed by atoms with van der Waals surface area (Å²) < 4.78 is 0. The maximum Gasteiger partial charge on any atom is 0.244 e. The predicted molar refractivity (Wildman–Crippen MR) is 78.9 cm³/mol. The van der Waals surface area contributed by atoms with Gasteiger partial charge >= 0.3 is 0 Å². The van der Waals surface area contributed by atoms with Gasteiger partial charge in [-0.2, -0.15) is 0 Å². The average molecular weight is 306 g/mol. The Morgan fingerprint density at radius 3 is 2.94 bits per heavy atom. The summed E-state index contributed by atoms with van der Waals surface area (Å²) in [6.45, 7) is 0. The molecule has 0 radical (unpaired) electrons. The third-order valence-electron chi connectivity index (χ3n) is 3.11. The number of hydrogen-bond donors (Lipinski definition) is 2. The first-order valence-corrected chi connectivity index (χ1v) is 7.90. The van der Waals surface area contributed by atoms with Gasteiger partial charge in [-0.15, -0.1) is 35.5 Å². The molecule has 7 heteroatoms. The molecule has 1 amide bonds. The third-order valence-corrected chi connectivity index (χ3v) is 5.12. The number of aromatic nitrogens is 1. The van der Waals surface area contributed by atoms with Crippen LogP contribution in [0.5, 0.6) is 0 Å². The number of rotatable bonds is 2. The minimum atomic E-state index is -0.0547. The van der Waals surface area contributed by atoms with E-state index in [4.69, 9.17) is 0 Å². The number of halogens is 1. The highest BCUT2D eigenvalue weighted by molar-refractivity contribution is 7.99. The van der Waals surface area contributed by atoms with Crippen LogP contribution in [0.2, 0.25) is 0 Å². The Bertz CT molecular complexity index is 408. The molecule has 0 bridgehead atoms. The highest BCUT2D eigenvalue weighted by Gasteiger charge is 2.24. The summed E-state index contributed by atoms with van der Waals surface area (Å²) in [6, 6.07) is -0.0547. The number of fused-ring (bicyclic) bond motifs is 1. The van der Waals surface area contributed by atoms with Crippen molar-refractivity contribution >= 4 is 46.5 Å². The maximum atomic E-state index is 11.9. The second-order valence-corrected chi connectivity index (χ2v) is 6.47. The van der Waals surface area contributed by atoms with Crippen LogP contribution >= 0.6 is 35.5 Å². The smallest absolute Gasteiger partial charge is 0.244 e. The molecule has 3 rings (SSSR count). The van der Waals surface area contributed by atoms with Gasteiger partial charge in [-0.1, -0.05) is 0 Å². The monoisotopic (exact) mass is 305 g/mol. The van der Waals surface area contributed by atoms with Crippen molar-refractivity contribution in [3.63, 3.8) is 0 Å². The van der Waals surface area contributed by atoms with Gasteiger partial charge in [0.1, 0.15) is 0 Å². The number of carbonyl (C=O) groups excluding carboxylic acids is 1. The quantitative estimate of drug-likeness (QED) is 0.878.